The molecule has 0 aliphatic carbocycles. The number of halogens is 1. The van der Waals surface area contributed by atoms with Crippen molar-refractivity contribution in [2.24, 2.45) is 0 Å². The van der Waals surface area contributed by atoms with Crippen molar-refractivity contribution in [1.82, 2.24) is 9.97 Å². The molecule has 0 amide bonds. The van der Waals surface area contributed by atoms with Gasteiger partial charge in [-0.05, 0) is 45.9 Å². The molecule has 4 aromatic carbocycles. The third-order valence-corrected chi connectivity index (χ3v) is 5.58. The van der Waals surface area contributed by atoms with Crippen LogP contribution in [0.15, 0.2) is 109 Å². The Bertz CT molecular complexity index is 1560. The molecule has 0 saturated carbocycles. The third-order valence-electron chi connectivity index (χ3n) is 5.58. The molecule has 0 unspecified atom stereocenters. The molecule has 2 heterocycles. The molecule has 1 radical (unpaired) electrons. The summed E-state index contributed by atoms with van der Waals surface area (Å²) in [6.07, 6.45) is 3.68. The van der Waals surface area contributed by atoms with E-state index in [0.29, 0.717) is 0 Å². The van der Waals surface area contributed by atoms with E-state index in [4.69, 9.17) is 0 Å². The summed E-state index contributed by atoms with van der Waals surface area (Å²) in [5, 5.41) is 4.94. The fraction of sp³-hybridized carbons (Fsp3) is 0.0323. The zero-order valence-electron chi connectivity index (χ0n) is 19.0. The molecule has 6 rings (SSSR count). The first-order valence-electron chi connectivity index (χ1n) is 11.0. The minimum absolute atomic E-state index is 0. The molecule has 0 spiro atoms. The van der Waals surface area contributed by atoms with Crippen LogP contribution in [0.4, 0.5) is 4.39 Å². The van der Waals surface area contributed by atoms with Crippen molar-refractivity contribution in [3.63, 3.8) is 0 Å². The van der Waals surface area contributed by atoms with Gasteiger partial charge in [-0.1, -0.05) is 54.1 Å². The molecular formula is C31H21FIrN2-2. The molecule has 173 valence electrons. The first-order valence-corrected chi connectivity index (χ1v) is 11.0. The molecule has 0 atom stereocenters. The zero-order valence-corrected chi connectivity index (χ0v) is 21.4. The van der Waals surface area contributed by atoms with Crippen LogP contribution in [0.25, 0.3) is 44.1 Å². The van der Waals surface area contributed by atoms with Gasteiger partial charge in [-0.2, -0.15) is 0 Å². The average Bonchev–Trinajstić information content (AvgIpc) is 2.90. The number of benzene rings is 4. The Morgan fingerprint density at radius 2 is 1.46 bits per heavy atom. The summed E-state index contributed by atoms with van der Waals surface area (Å²) in [4.78, 5) is 8.74. The Labute approximate surface area is 217 Å². The Balaban J connectivity index is 0.000000171. The summed E-state index contributed by atoms with van der Waals surface area (Å²) in [5.74, 6) is -0.276. The second-order valence-electron chi connectivity index (χ2n) is 7.99. The fourth-order valence-corrected chi connectivity index (χ4v) is 3.85. The van der Waals surface area contributed by atoms with E-state index in [9.17, 15) is 4.39 Å². The average molecular weight is 633 g/mol. The summed E-state index contributed by atoms with van der Waals surface area (Å²) < 4.78 is 12.6. The van der Waals surface area contributed by atoms with E-state index in [1.165, 1.54) is 33.7 Å². The van der Waals surface area contributed by atoms with E-state index < -0.39 is 0 Å². The number of fused-ring (bicyclic) bond motifs is 3. The molecule has 35 heavy (non-hydrogen) atoms. The van der Waals surface area contributed by atoms with Gasteiger partial charge >= 0.3 is 0 Å². The van der Waals surface area contributed by atoms with Crippen LogP contribution in [0, 0.1) is 24.9 Å². The van der Waals surface area contributed by atoms with Crippen molar-refractivity contribution in [3.8, 4) is 22.5 Å². The van der Waals surface area contributed by atoms with Crippen LogP contribution >= 0.6 is 0 Å². The minimum atomic E-state index is -0.276. The Kier molecular flexibility index (Phi) is 7.77. The molecular weight excluding hydrogens is 612 g/mol. The van der Waals surface area contributed by atoms with Gasteiger partial charge in [0.05, 0.1) is 0 Å². The van der Waals surface area contributed by atoms with Crippen LogP contribution in [0.2, 0.25) is 0 Å². The van der Waals surface area contributed by atoms with E-state index >= 15 is 0 Å². The molecule has 0 bridgehead atoms. The predicted octanol–water partition coefficient (Wildman–Crippen LogP) is 7.85. The van der Waals surface area contributed by atoms with E-state index in [2.05, 4.69) is 64.6 Å². The van der Waals surface area contributed by atoms with E-state index in [0.717, 1.165) is 28.1 Å². The maximum absolute atomic E-state index is 12.6. The van der Waals surface area contributed by atoms with Gasteiger partial charge in [0.15, 0.2) is 0 Å². The van der Waals surface area contributed by atoms with Crippen molar-refractivity contribution in [3.05, 3.63) is 133 Å². The van der Waals surface area contributed by atoms with E-state index in [-0.39, 0.29) is 25.9 Å². The maximum Gasteiger partial charge on any atom is 0.0379 e. The molecule has 0 N–H and O–H groups in total. The van der Waals surface area contributed by atoms with Crippen molar-refractivity contribution in [2.45, 2.75) is 6.92 Å². The van der Waals surface area contributed by atoms with Gasteiger partial charge in [-0.25, -0.2) is 0 Å². The van der Waals surface area contributed by atoms with Crippen molar-refractivity contribution in [1.29, 1.82) is 0 Å². The molecule has 4 heteroatoms. The number of aromatic nitrogens is 2. The first-order chi connectivity index (χ1) is 16.7. The van der Waals surface area contributed by atoms with Gasteiger partial charge in [0.1, 0.15) is 0 Å². The second kappa shape index (κ2) is 11.1. The van der Waals surface area contributed by atoms with Crippen molar-refractivity contribution < 1.29 is 24.5 Å². The van der Waals surface area contributed by atoms with Crippen LogP contribution < -0.4 is 0 Å². The minimum Gasteiger partial charge on any atom is -0.305 e. The third kappa shape index (κ3) is 5.68. The maximum atomic E-state index is 12.6. The monoisotopic (exact) mass is 633 g/mol. The van der Waals surface area contributed by atoms with Crippen LogP contribution in [0.1, 0.15) is 5.56 Å². The summed E-state index contributed by atoms with van der Waals surface area (Å²) in [7, 11) is 0. The zero-order chi connectivity index (χ0) is 23.3. The number of hydrogen-bond acceptors (Lipinski definition) is 2. The summed E-state index contributed by atoms with van der Waals surface area (Å²) in [5.41, 5.74) is 4.77. The standard InChI is InChI=1S/C19H12N.C12H9FN.Ir/c1-2-7-15(8-3-1)19-12-18-16(13-20-19)11-10-14-6-4-5-9-17(14)18;1-9-6-7-14-12(8-9)10-2-4-11(13)5-3-10;/h1-7,9-13H;2,4-8H,1H3;/q2*-1;. The SMILES string of the molecule is Cc1ccnc(-c2[c-]cc(F)cc2)c1.[Ir].[c-]1ccccc1-c1cc2c(ccc3ccccc32)cn1. The smallest absolute Gasteiger partial charge is 0.0379 e. The molecule has 2 aromatic heterocycles. The number of hydrogen-bond donors (Lipinski definition) is 0. The van der Waals surface area contributed by atoms with Crippen LogP contribution in [0.5, 0.6) is 0 Å². The fourth-order valence-electron chi connectivity index (χ4n) is 3.85. The molecule has 2 nitrogen and oxygen atoms in total. The van der Waals surface area contributed by atoms with E-state index in [1.54, 1.807) is 12.3 Å². The van der Waals surface area contributed by atoms with Gasteiger partial charge in [0.25, 0.3) is 0 Å². The summed E-state index contributed by atoms with van der Waals surface area (Å²) in [6, 6.07) is 37.2. The van der Waals surface area contributed by atoms with Crippen molar-refractivity contribution in [2.75, 3.05) is 0 Å². The normalized spacial score (nSPS) is 10.3. The van der Waals surface area contributed by atoms with Crippen LogP contribution in [0.3, 0.4) is 0 Å². The quantitative estimate of drug-likeness (QED) is 0.144. The molecule has 0 saturated heterocycles. The number of rotatable bonds is 2. The Morgan fingerprint density at radius 3 is 2.23 bits per heavy atom. The number of nitrogens with zero attached hydrogens (tertiary/aromatic N) is 2. The van der Waals surface area contributed by atoms with Gasteiger partial charge in [0.2, 0.25) is 0 Å². The Morgan fingerprint density at radius 1 is 0.686 bits per heavy atom. The van der Waals surface area contributed by atoms with Crippen LogP contribution in [-0.2, 0) is 20.1 Å². The number of aryl methyl sites for hydroxylation is 1. The second-order valence-corrected chi connectivity index (χ2v) is 7.99. The summed E-state index contributed by atoms with van der Waals surface area (Å²) in [6.45, 7) is 1.99. The van der Waals surface area contributed by atoms with Gasteiger partial charge in [-0.15, -0.1) is 65.7 Å². The molecule has 6 aromatic rings. The van der Waals surface area contributed by atoms with Gasteiger partial charge in [0, 0.05) is 38.3 Å². The molecule has 0 aliphatic heterocycles. The van der Waals surface area contributed by atoms with Gasteiger partial charge < -0.3 is 9.97 Å². The molecule has 0 fully saturated rings. The van der Waals surface area contributed by atoms with Crippen molar-refractivity contribution >= 4 is 21.5 Å². The molecule has 0 aliphatic rings. The van der Waals surface area contributed by atoms with E-state index in [1.807, 2.05) is 49.5 Å². The topological polar surface area (TPSA) is 25.8 Å². The largest absolute Gasteiger partial charge is 0.305 e. The number of pyridine rings is 2. The summed E-state index contributed by atoms with van der Waals surface area (Å²) >= 11 is 0. The Hall–Kier alpha value is -3.72. The van der Waals surface area contributed by atoms with Crippen LogP contribution in [-0.4, -0.2) is 9.97 Å². The van der Waals surface area contributed by atoms with Gasteiger partial charge in [-0.3, -0.25) is 4.39 Å². The first kappa shape index (κ1) is 24.4. The predicted molar refractivity (Wildman–Crippen MR) is 137 cm³/mol.